The predicted molar refractivity (Wildman–Crippen MR) is 111 cm³/mol. The molecule has 0 unspecified atom stereocenters. The van der Waals surface area contributed by atoms with E-state index in [0.717, 1.165) is 5.56 Å². The second kappa shape index (κ2) is 10.4. The van der Waals surface area contributed by atoms with Crippen molar-refractivity contribution >= 4 is 28.8 Å². The number of nitrogens with one attached hydrogen (secondary N) is 2. The number of methoxy groups -OCH3 is 1. The fourth-order valence-corrected chi connectivity index (χ4v) is 3.18. The third-order valence-electron chi connectivity index (χ3n) is 3.98. The van der Waals surface area contributed by atoms with E-state index >= 15 is 0 Å². The first-order chi connectivity index (χ1) is 14.2. The van der Waals surface area contributed by atoms with Gasteiger partial charge in [-0.2, -0.15) is 0 Å². The maximum Gasteiger partial charge on any atom is 0.265 e. The number of thiophene rings is 1. The average molecular weight is 411 g/mol. The molecule has 7 nitrogen and oxygen atoms in total. The standard InChI is InChI=1S/C21H21N3O4S/c1-27-11-12-28-21-15(6-4-10-22-21)14-23-19(25)16-7-2-3-8-17(16)24-20(26)18-9-5-13-29-18/h2-10,13H,11-12,14H2,1H3,(H,23,25)(H,24,26). The average Bonchev–Trinajstić information content (AvgIpc) is 3.28. The molecular formula is C21H21N3O4S. The molecule has 2 amide bonds. The van der Waals surface area contributed by atoms with Crippen LogP contribution in [0.2, 0.25) is 0 Å². The third kappa shape index (κ3) is 5.63. The lowest BCUT2D eigenvalue weighted by molar-refractivity contribution is 0.0951. The van der Waals surface area contributed by atoms with Crippen molar-refractivity contribution in [3.05, 3.63) is 76.1 Å². The van der Waals surface area contributed by atoms with Crippen molar-refractivity contribution in [2.45, 2.75) is 6.54 Å². The Labute approximate surface area is 172 Å². The van der Waals surface area contributed by atoms with E-state index in [1.165, 1.54) is 11.3 Å². The van der Waals surface area contributed by atoms with Gasteiger partial charge in [0.2, 0.25) is 5.88 Å². The SMILES string of the molecule is COCCOc1ncccc1CNC(=O)c1ccccc1NC(=O)c1cccs1. The number of amides is 2. The van der Waals surface area contributed by atoms with Gasteiger partial charge in [-0.25, -0.2) is 4.98 Å². The van der Waals surface area contributed by atoms with Gasteiger partial charge in [0.15, 0.2) is 0 Å². The van der Waals surface area contributed by atoms with Gasteiger partial charge < -0.3 is 20.1 Å². The van der Waals surface area contributed by atoms with Gasteiger partial charge in [-0.05, 0) is 29.6 Å². The summed E-state index contributed by atoms with van der Waals surface area (Å²) < 4.78 is 10.6. The molecule has 150 valence electrons. The Bertz CT molecular complexity index is 960. The maximum absolute atomic E-state index is 12.7. The number of pyridine rings is 1. The number of anilines is 1. The van der Waals surface area contributed by atoms with Crippen LogP contribution in [-0.2, 0) is 11.3 Å². The molecule has 0 aliphatic heterocycles. The summed E-state index contributed by atoms with van der Waals surface area (Å²) in [5.41, 5.74) is 1.58. The Balaban J connectivity index is 1.67. The molecule has 0 bridgehead atoms. The van der Waals surface area contributed by atoms with Gasteiger partial charge in [0.25, 0.3) is 11.8 Å². The van der Waals surface area contributed by atoms with Crippen LogP contribution in [-0.4, -0.2) is 37.1 Å². The minimum atomic E-state index is -0.307. The highest BCUT2D eigenvalue weighted by molar-refractivity contribution is 7.12. The first-order valence-corrected chi connectivity index (χ1v) is 9.84. The molecule has 1 aromatic carbocycles. The van der Waals surface area contributed by atoms with Crippen molar-refractivity contribution in [2.75, 3.05) is 25.6 Å². The number of nitrogens with zero attached hydrogens (tertiary/aromatic N) is 1. The number of aromatic nitrogens is 1. The van der Waals surface area contributed by atoms with Crippen LogP contribution in [0.3, 0.4) is 0 Å². The number of rotatable bonds is 9. The predicted octanol–water partition coefficient (Wildman–Crippen LogP) is 3.35. The summed E-state index contributed by atoms with van der Waals surface area (Å²) in [6, 6.07) is 14.0. The van der Waals surface area contributed by atoms with E-state index in [0.29, 0.717) is 35.2 Å². The Hall–Kier alpha value is -3.23. The van der Waals surface area contributed by atoms with Gasteiger partial charge in [0.05, 0.1) is 22.7 Å². The number of para-hydroxylation sites is 1. The van der Waals surface area contributed by atoms with E-state index in [1.54, 1.807) is 55.8 Å². The van der Waals surface area contributed by atoms with Crippen molar-refractivity contribution in [1.82, 2.24) is 10.3 Å². The maximum atomic E-state index is 12.7. The fourth-order valence-electron chi connectivity index (χ4n) is 2.56. The zero-order chi connectivity index (χ0) is 20.5. The number of ether oxygens (including phenoxy) is 2. The number of hydrogen-bond acceptors (Lipinski definition) is 6. The third-order valence-corrected chi connectivity index (χ3v) is 4.85. The van der Waals surface area contributed by atoms with E-state index in [1.807, 2.05) is 11.4 Å². The van der Waals surface area contributed by atoms with Crippen molar-refractivity contribution < 1.29 is 19.1 Å². The zero-order valence-electron chi connectivity index (χ0n) is 15.9. The van der Waals surface area contributed by atoms with E-state index in [4.69, 9.17) is 9.47 Å². The second-order valence-corrected chi connectivity index (χ2v) is 6.92. The molecule has 2 N–H and O–H groups in total. The quantitative estimate of drug-likeness (QED) is 0.527. The molecule has 29 heavy (non-hydrogen) atoms. The molecule has 0 fully saturated rings. The van der Waals surface area contributed by atoms with Crippen molar-refractivity contribution in [3.63, 3.8) is 0 Å². The van der Waals surface area contributed by atoms with Crippen LogP contribution >= 0.6 is 11.3 Å². The Morgan fingerprint density at radius 1 is 1.03 bits per heavy atom. The van der Waals surface area contributed by atoms with Crippen molar-refractivity contribution in [1.29, 1.82) is 0 Å². The van der Waals surface area contributed by atoms with Crippen LogP contribution in [0.1, 0.15) is 25.6 Å². The van der Waals surface area contributed by atoms with Crippen molar-refractivity contribution in [2.24, 2.45) is 0 Å². The summed E-state index contributed by atoms with van der Waals surface area (Å²) in [5.74, 6) is -0.107. The molecule has 0 aliphatic carbocycles. The molecule has 3 rings (SSSR count). The fraction of sp³-hybridized carbons (Fsp3) is 0.190. The first-order valence-electron chi connectivity index (χ1n) is 8.96. The van der Waals surface area contributed by atoms with Crippen LogP contribution in [0.25, 0.3) is 0 Å². The van der Waals surface area contributed by atoms with Gasteiger partial charge in [-0.1, -0.05) is 24.3 Å². The highest BCUT2D eigenvalue weighted by Gasteiger charge is 2.15. The molecule has 0 saturated heterocycles. The van der Waals surface area contributed by atoms with Gasteiger partial charge in [-0.15, -0.1) is 11.3 Å². The molecule has 3 aromatic rings. The summed E-state index contributed by atoms with van der Waals surface area (Å²) in [6.45, 7) is 1.05. The summed E-state index contributed by atoms with van der Waals surface area (Å²) in [7, 11) is 1.59. The second-order valence-electron chi connectivity index (χ2n) is 5.97. The van der Waals surface area contributed by atoms with Gasteiger partial charge in [0, 0.05) is 25.4 Å². The molecule has 0 spiro atoms. The normalized spacial score (nSPS) is 10.4. The van der Waals surface area contributed by atoms with E-state index < -0.39 is 0 Å². The number of hydrogen-bond donors (Lipinski definition) is 2. The number of carbonyl (C=O) groups is 2. The monoisotopic (exact) mass is 411 g/mol. The van der Waals surface area contributed by atoms with E-state index in [2.05, 4.69) is 15.6 Å². The summed E-state index contributed by atoms with van der Waals surface area (Å²) in [5, 5.41) is 7.48. The lowest BCUT2D eigenvalue weighted by Gasteiger charge is -2.13. The van der Waals surface area contributed by atoms with Crippen LogP contribution in [0.5, 0.6) is 5.88 Å². The molecule has 0 atom stereocenters. The Kier molecular flexibility index (Phi) is 7.32. The smallest absolute Gasteiger partial charge is 0.265 e. The Morgan fingerprint density at radius 2 is 1.90 bits per heavy atom. The van der Waals surface area contributed by atoms with Crippen LogP contribution < -0.4 is 15.4 Å². The van der Waals surface area contributed by atoms with E-state index in [-0.39, 0.29) is 18.4 Å². The zero-order valence-corrected chi connectivity index (χ0v) is 16.7. The summed E-state index contributed by atoms with van der Waals surface area (Å²) in [4.78, 5) is 29.8. The molecule has 2 aromatic heterocycles. The lowest BCUT2D eigenvalue weighted by Crippen LogP contribution is -2.25. The molecular weight excluding hydrogens is 390 g/mol. The summed E-state index contributed by atoms with van der Waals surface area (Å²) >= 11 is 1.34. The molecule has 0 radical (unpaired) electrons. The highest BCUT2D eigenvalue weighted by Crippen LogP contribution is 2.19. The van der Waals surface area contributed by atoms with Crippen molar-refractivity contribution in [3.8, 4) is 5.88 Å². The molecule has 0 saturated carbocycles. The first kappa shape index (κ1) is 20.5. The van der Waals surface area contributed by atoms with Crippen LogP contribution in [0, 0.1) is 0 Å². The van der Waals surface area contributed by atoms with E-state index in [9.17, 15) is 9.59 Å². The number of benzene rings is 1. The Morgan fingerprint density at radius 3 is 2.69 bits per heavy atom. The minimum absolute atomic E-state index is 0.238. The topological polar surface area (TPSA) is 89.6 Å². The summed E-state index contributed by atoms with van der Waals surface area (Å²) in [6.07, 6.45) is 1.63. The highest BCUT2D eigenvalue weighted by atomic mass is 32.1. The van der Waals surface area contributed by atoms with Gasteiger partial charge in [0.1, 0.15) is 6.61 Å². The van der Waals surface area contributed by atoms with Crippen LogP contribution in [0.15, 0.2) is 60.1 Å². The van der Waals surface area contributed by atoms with Gasteiger partial charge >= 0.3 is 0 Å². The number of carbonyl (C=O) groups excluding carboxylic acids is 2. The largest absolute Gasteiger partial charge is 0.475 e. The molecule has 2 heterocycles. The molecule has 8 heteroatoms. The van der Waals surface area contributed by atoms with Gasteiger partial charge in [-0.3, -0.25) is 9.59 Å². The molecule has 0 aliphatic rings. The lowest BCUT2D eigenvalue weighted by atomic mass is 10.1. The van der Waals surface area contributed by atoms with Crippen LogP contribution in [0.4, 0.5) is 5.69 Å². The minimum Gasteiger partial charge on any atom is -0.475 e.